The Kier molecular flexibility index (Phi) is 8.75. The number of allylic oxidation sites excluding steroid dienone is 1. The third-order valence-electron chi connectivity index (χ3n) is 8.28. The van der Waals surface area contributed by atoms with Crippen molar-refractivity contribution in [2.45, 2.75) is 45.6 Å². The first-order chi connectivity index (χ1) is 19.8. The fourth-order valence-electron chi connectivity index (χ4n) is 6.19. The zero-order chi connectivity index (χ0) is 29.1. The van der Waals surface area contributed by atoms with E-state index in [1.165, 1.54) is 6.26 Å². The molecule has 2 aromatic rings. The van der Waals surface area contributed by atoms with Crippen LogP contribution in [0.5, 0.6) is 0 Å². The van der Waals surface area contributed by atoms with E-state index >= 15 is 0 Å². The number of likely N-dealkylation sites (tertiary alicyclic amines) is 1. The van der Waals surface area contributed by atoms with E-state index in [4.69, 9.17) is 32.4 Å². The molecule has 41 heavy (non-hydrogen) atoms. The van der Waals surface area contributed by atoms with Gasteiger partial charge in [0.1, 0.15) is 5.41 Å². The summed E-state index contributed by atoms with van der Waals surface area (Å²) in [6.07, 6.45) is 5.98. The van der Waals surface area contributed by atoms with Crippen molar-refractivity contribution in [3.8, 4) is 0 Å². The Bertz CT molecular complexity index is 1350. The average Bonchev–Trinajstić information content (AvgIpc) is 3.50. The standard InChI is InChI=1S/C30H33Cl2N3O6/c1-2-40-29(39)30-11-5-3-4-8-25(30)35(19-20-9-10-21(31)17-23(20)32)27(37)22(30)18-26(36)33-12-14-34(15-13-33)28(38)24-7-6-16-41-24/h6-10,16-17,22H,2-5,11-15,18-19H2,1H3/t22-,30-/m1/s1. The molecular formula is C30H33Cl2N3O6. The second-order valence-electron chi connectivity index (χ2n) is 10.6. The quantitative estimate of drug-likeness (QED) is 0.417. The molecule has 11 heteroatoms. The molecule has 0 radical (unpaired) electrons. The smallest absolute Gasteiger partial charge is 0.318 e. The number of carbonyl (C=O) groups is 4. The van der Waals surface area contributed by atoms with E-state index in [1.54, 1.807) is 52.0 Å². The molecule has 1 aliphatic carbocycles. The molecule has 2 aliphatic heterocycles. The Morgan fingerprint density at radius 2 is 1.83 bits per heavy atom. The van der Waals surface area contributed by atoms with Crippen LogP contribution in [0, 0.1) is 11.3 Å². The number of hydrogen-bond donors (Lipinski definition) is 0. The summed E-state index contributed by atoms with van der Waals surface area (Å²) in [6.45, 7) is 3.40. The van der Waals surface area contributed by atoms with Crippen LogP contribution in [0.3, 0.4) is 0 Å². The van der Waals surface area contributed by atoms with Gasteiger partial charge >= 0.3 is 5.97 Å². The van der Waals surface area contributed by atoms with Crippen LogP contribution in [0.1, 0.15) is 55.1 Å². The number of carbonyl (C=O) groups excluding carboxylic acids is 4. The van der Waals surface area contributed by atoms with Crippen molar-refractivity contribution >= 4 is 46.9 Å². The number of rotatable bonds is 7. The predicted molar refractivity (Wildman–Crippen MR) is 152 cm³/mol. The largest absolute Gasteiger partial charge is 0.465 e. The molecule has 3 amide bonds. The lowest BCUT2D eigenvalue weighted by Gasteiger charge is -2.36. The monoisotopic (exact) mass is 601 g/mol. The van der Waals surface area contributed by atoms with Crippen molar-refractivity contribution in [3.05, 3.63) is 69.7 Å². The van der Waals surface area contributed by atoms with Crippen LogP contribution in [0.2, 0.25) is 10.0 Å². The summed E-state index contributed by atoms with van der Waals surface area (Å²) in [4.78, 5) is 59.1. The number of esters is 1. The van der Waals surface area contributed by atoms with E-state index in [0.29, 0.717) is 60.3 Å². The lowest BCUT2D eigenvalue weighted by molar-refractivity contribution is -0.158. The van der Waals surface area contributed by atoms with Gasteiger partial charge < -0.3 is 23.9 Å². The Labute approximate surface area is 249 Å². The second-order valence-corrected chi connectivity index (χ2v) is 11.4. The van der Waals surface area contributed by atoms with Crippen LogP contribution in [-0.2, 0) is 25.7 Å². The minimum absolute atomic E-state index is 0.133. The lowest BCUT2D eigenvalue weighted by Crippen LogP contribution is -2.51. The Balaban J connectivity index is 1.40. The molecule has 5 rings (SSSR count). The molecule has 1 aromatic carbocycles. The van der Waals surface area contributed by atoms with Crippen molar-refractivity contribution in [2.75, 3.05) is 32.8 Å². The number of halogens is 2. The van der Waals surface area contributed by atoms with Gasteiger partial charge in [-0.05, 0) is 56.0 Å². The summed E-state index contributed by atoms with van der Waals surface area (Å²) in [5, 5.41) is 0.901. The summed E-state index contributed by atoms with van der Waals surface area (Å²) >= 11 is 12.6. The van der Waals surface area contributed by atoms with Gasteiger partial charge in [0, 0.05) is 48.3 Å². The van der Waals surface area contributed by atoms with E-state index in [9.17, 15) is 19.2 Å². The molecule has 2 saturated heterocycles. The van der Waals surface area contributed by atoms with Gasteiger partial charge in [0.15, 0.2) is 5.76 Å². The fraction of sp³-hybridized carbons (Fsp3) is 0.467. The van der Waals surface area contributed by atoms with Crippen LogP contribution < -0.4 is 0 Å². The van der Waals surface area contributed by atoms with Gasteiger partial charge in [-0.25, -0.2) is 0 Å². The molecule has 0 N–H and O–H groups in total. The molecule has 3 aliphatic rings. The van der Waals surface area contributed by atoms with Gasteiger partial charge in [0.05, 0.1) is 25.3 Å². The van der Waals surface area contributed by atoms with Crippen LogP contribution in [-0.4, -0.2) is 71.2 Å². The molecule has 0 bridgehead atoms. The van der Waals surface area contributed by atoms with E-state index in [0.717, 1.165) is 12.8 Å². The summed E-state index contributed by atoms with van der Waals surface area (Å²) in [5.74, 6) is -1.88. The highest BCUT2D eigenvalue weighted by molar-refractivity contribution is 6.35. The zero-order valence-corrected chi connectivity index (χ0v) is 24.5. The number of nitrogens with zero attached hydrogens (tertiary/aromatic N) is 3. The van der Waals surface area contributed by atoms with E-state index in [1.807, 2.05) is 6.08 Å². The van der Waals surface area contributed by atoms with Gasteiger partial charge in [0.2, 0.25) is 11.8 Å². The van der Waals surface area contributed by atoms with Gasteiger partial charge in [-0.1, -0.05) is 41.8 Å². The zero-order valence-electron chi connectivity index (χ0n) is 22.9. The average molecular weight is 603 g/mol. The van der Waals surface area contributed by atoms with Gasteiger partial charge in [-0.15, -0.1) is 0 Å². The van der Waals surface area contributed by atoms with Crippen molar-refractivity contribution in [2.24, 2.45) is 11.3 Å². The predicted octanol–water partition coefficient (Wildman–Crippen LogP) is 4.93. The molecule has 0 unspecified atom stereocenters. The Hall–Kier alpha value is -3.30. The van der Waals surface area contributed by atoms with Gasteiger partial charge in [-0.2, -0.15) is 0 Å². The van der Waals surface area contributed by atoms with Crippen LogP contribution in [0.15, 0.2) is 52.8 Å². The summed E-state index contributed by atoms with van der Waals surface area (Å²) in [5.41, 5.74) is 0.0302. The van der Waals surface area contributed by atoms with Crippen molar-refractivity contribution < 1.29 is 28.3 Å². The molecule has 2 fully saturated rings. The van der Waals surface area contributed by atoms with Crippen molar-refractivity contribution in [3.63, 3.8) is 0 Å². The second kappa shape index (κ2) is 12.3. The Morgan fingerprint density at radius 3 is 2.51 bits per heavy atom. The summed E-state index contributed by atoms with van der Waals surface area (Å²) in [6, 6.07) is 8.37. The molecule has 3 heterocycles. The van der Waals surface area contributed by atoms with E-state index in [2.05, 4.69) is 0 Å². The first-order valence-corrected chi connectivity index (χ1v) is 14.8. The molecule has 0 saturated carbocycles. The molecule has 2 atom stereocenters. The number of hydrogen-bond acceptors (Lipinski definition) is 6. The summed E-state index contributed by atoms with van der Waals surface area (Å²) < 4.78 is 10.8. The molecule has 218 valence electrons. The maximum atomic E-state index is 14.1. The normalized spacial score (nSPS) is 22.7. The highest BCUT2D eigenvalue weighted by Gasteiger charge is 2.61. The van der Waals surface area contributed by atoms with Gasteiger partial charge in [0.25, 0.3) is 5.91 Å². The van der Waals surface area contributed by atoms with Crippen LogP contribution >= 0.6 is 23.2 Å². The lowest BCUT2D eigenvalue weighted by atomic mass is 9.71. The SMILES string of the molecule is CCOC(=O)[C@@]12CCCCC=C1N(Cc1ccc(Cl)cc1Cl)C(=O)[C@H]2CC(=O)N1CCN(C(=O)c2ccco2)CC1. The number of furan rings is 1. The number of amides is 3. The number of ether oxygens (including phenoxy) is 1. The van der Waals surface area contributed by atoms with Crippen LogP contribution in [0.25, 0.3) is 0 Å². The van der Waals surface area contributed by atoms with Crippen molar-refractivity contribution in [1.29, 1.82) is 0 Å². The first-order valence-electron chi connectivity index (χ1n) is 14.0. The van der Waals surface area contributed by atoms with E-state index in [-0.39, 0.29) is 43.1 Å². The maximum Gasteiger partial charge on any atom is 0.318 e. The highest BCUT2D eigenvalue weighted by atomic mass is 35.5. The molecule has 0 spiro atoms. The Morgan fingerprint density at radius 1 is 1.07 bits per heavy atom. The minimum Gasteiger partial charge on any atom is -0.465 e. The van der Waals surface area contributed by atoms with Crippen molar-refractivity contribution in [1.82, 2.24) is 14.7 Å². The fourth-order valence-corrected chi connectivity index (χ4v) is 6.66. The molecule has 9 nitrogen and oxygen atoms in total. The minimum atomic E-state index is -1.25. The third kappa shape index (κ3) is 5.62. The molecule has 1 aromatic heterocycles. The number of fused-ring (bicyclic) bond motifs is 1. The number of benzene rings is 1. The molecular weight excluding hydrogens is 569 g/mol. The maximum absolute atomic E-state index is 14.1. The topological polar surface area (TPSA) is 100 Å². The highest BCUT2D eigenvalue weighted by Crippen LogP contribution is 2.53. The number of piperazine rings is 1. The van der Waals surface area contributed by atoms with E-state index < -0.39 is 17.3 Å². The van der Waals surface area contributed by atoms with Crippen LogP contribution in [0.4, 0.5) is 0 Å². The van der Waals surface area contributed by atoms with Gasteiger partial charge in [-0.3, -0.25) is 19.2 Å². The summed E-state index contributed by atoms with van der Waals surface area (Å²) in [7, 11) is 0. The third-order valence-corrected chi connectivity index (χ3v) is 8.87. The first kappa shape index (κ1) is 29.2.